The predicted octanol–water partition coefficient (Wildman–Crippen LogP) is 1.95. The van der Waals surface area contributed by atoms with Gasteiger partial charge in [0.15, 0.2) is 0 Å². The van der Waals surface area contributed by atoms with Gasteiger partial charge in [-0.05, 0) is 19.9 Å². The van der Waals surface area contributed by atoms with Crippen LogP contribution in [-0.2, 0) is 0 Å². The van der Waals surface area contributed by atoms with Crippen molar-refractivity contribution in [2.75, 3.05) is 7.05 Å². The smallest absolute Gasteiger partial charge is 0.0561 e. The lowest BCUT2D eigenvalue weighted by molar-refractivity contribution is 0.781. The number of halogens is 1. The first kappa shape index (κ1) is 9.94. The van der Waals surface area contributed by atoms with Gasteiger partial charge in [-0.1, -0.05) is 22.6 Å². The first-order valence-corrected chi connectivity index (χ1v) is 4.18. The summed E-state index contributed by atoms with van der Waals surface area (Å²) in [4.78, 5) is 0. The highest BCUT2D eigenvalue weighted by Gasteiger charge is 2.16. The second kappa shape index (κ2) is 3.95. The van der Waals surface area contributed by atoms with Crippen LogP contribution < -0.4 is 5.32 Å². The quantitative estimate of drug-likeness (QED) is 0.449. The van der Waals surface area contributed by atoms with Crippen LogP contribution in [0.5, 0.6) is 0 Å². The predicted molar refractivity (Wildman–Crippen MR) is 54.0 cm³/mol. The third-order valence-corrected chi connectivity index (χ3v) is 1.74. The Morgan fingerprint density at radius 3 is 2.20 bits per heavy atom. The Morgan fingerprint density at radius 2 is 2.10 bits per heavy atom. The summed E-state index contributed by atoms with van der Waals surface area (Å²) in [5.74, 6) is 0. The van der Waals surface area contributed by atoms with Crippen LogP contribution in [0.2, 0.25) is 0 Å². The fraction of sp³-hybridized carbons (Fsp3) is 0.571. The third-order valence-electron chi connectivity index (χ3n) is 1.16. The molecule has 0 amide bonds. The molecule has 0 heterocycles. The van der Waals surface area contributed by atoms with Crippen LogP contribution in [0.4, 0.5) is 0 Å². The minimum Gasteiger partial charge on any atom is -0.390 e. The summed E-state index contributed by atoms with van der Waals surface area (Å²) in [6.07, 6.45) is 3.07. The molecule has 10 heavy (non-hydrogen) atoms. The van der Waals surface area contributed by atoms with Crippen LogP contribution in [0.3, 0.4) is 0 Å². The van der Waals surface area contributed by atoms with E-state index in [1.807, 2.05) is 7.05 Å². The summed E-state index contributed by atoms with van der Waals surface area (Å²) in [6, 6.07) is 0. The summed E-state index contributed by atoms with van der Waals surface area (Å²) in [6.45, 7) is 4.19. The highest BCUT2D eigenvalue weighted by molar-refractivity contribution is 14.1. The van der Waals surface area contributed by atoms with Crippen molar-refractivity contribution in [2.24, 2.45) is 0 Å². The van der Waals surface area contributed by atoms with Gasteiger partial charge in [0.05, 0.1) is 3.42 Å². The van der Waals surface area contributed by atoms with Gasteiger partial charge in [0.2, 0.25) is 0 Å². The standard InChI is InChI=1S/C7H13IN2/c1-7(2,8)6(10-3)4-5-9/h4-5,9-10H,1-3H3/b6-4-,9-5?. The van der Waals surface area contributed by atoms with Crippen LogP contribution in [0.25, 0.3) is 0 Å². The molecule has 0 aromatic heterocycles. The Hall–Kier alpha value is -0.0600. The van der Waals surface area contributed by atoms with E-state index in [0.717, 1.165) is 5.70 Å². The number of allylic oxidation sites excluding steroid dienone is 2. The molecule has 0 bridgehead atoms. The summed E-state index contributed by atoms with van der Waals surface area (Å²) in [5.41, 5.74) is 1.07. The van der Waals surface area contributed by atoms with E-state index >= 15 is 0 Å². The topological polar surface area (TPSA) is 35.9 Å². The van der Waals surface area contributed by atoms with Crippen molar-refractivity contribution in [3.05, 3.63) is 11.8 Å². The Balaban J connectivity index is 4.35. The van der Waals surface area contributed by atoms with Crippen molar-refractivity contribution in [3.63, 3.8) is 0 Å². The molecule has 0 aliphatic heterocycles. The van der Waals surface area contributed by atoms with Gasteiger partial charge < -0.3 is 10.7 Å². The largest absolute Gasteiger partial charge is 0.390 e. The van der Waals surface area contributed by atoms with Gasteiger partial charge in [-0.2, -0.15) is 0 Å². The van der Waals surface area contributed by atoms with Gasteiger partial charge in [0, 0.05) is 19.0 Å². The lowest BCUT2D eigenvalue weighted by atomic mass is 10.1. The summed E-state index contributed by atoms with van der Waals surface area (Å²) >= 11 is 2.33. The molecule has 0 rings (SSSR count). The van der Waals surface area contributed by atoms with E-state index < -0.39 is 0 Å². The van der Waals surface area contributed by atoms with Crippen molar-refractivity contribution >= 4 is 28.8 Å². The van der Waals surface area contributed by atoms with Crippen molar-refractivity contribution in [1.82, 2.24) is 5.32 Å². The molecule has 0 aliphatic rings. The van der Waals surface area contributed by atoms with Crippen molar-refractivity contribution < 1.29 is 0 Å². The summed E-state index contributed by atoms with van der Waals surface area (Å²) < 4.78 is 0.0874. The average molecular weight is 252 g/mol. The molecule has 0 aliphatic carbocycles. The number of hydrogen-bond acceptors (Lipinski definition) is 2. The van der Waals surface area contributed by atoms with Crippen molar-refractivity contribution in [2.45, 2.75) is 17.3 Å². The van der Waals surface area contributed by atoms with E-state index in [1.54, 1.807) is 6.08 Å². The lowest BCUT2D eigenvalue weighted by Crippen LogP contribution is -2.23. The maximum atomic E-state index is 6.87. The zero-order valence-electron chi connectivity index (χ0n) is 6.53. The molecule has 0 unspecified atom stereocenters. The average Bonchev–Trinajstić information content (AvgIpc) is 1.80. The summed E-state index contributed by atoms with van der Waals surface area (Å²) in [7, 11) is 1.87. The second-order valence-corrected chi connectivity index (χ2v) is 5.17. The van der Waals surface area contributed by atoms with Crippen LogP contribution in [0.15, 0.2) is 11.8 Å². The van der Waals surface area contributed by atoms with Crippen LogP contribution >= 0.6 is 22.6 Å². The van der Waals surface area contributed by atoms with Crippen molar-refractivity contribution in [1.29, 1.82) is 5.41 Å². The fourth-order valence-electron chi connectivity index (χ4n) is 0.662. The molecule has 0 saturated heterocycles. The van der Waals surface area contributed by atoms with Gasteiger partial charge in [-0.15, -0.1) is 0 Å². The molecule has 2 N–H and O–H groups in total. The SMILES string of the molecule is CN/C(=C\C=N)C(C)(C)I. The molecule has 0 spiro atoms. The van der Waals surface area contributed by atoms with Crippen LogP contribution in [0, 0.1) is 5.41 Å². The van der Waals surface area contributed by atoms with E-state index in [1.165, 1.54) is 6.21 Å². The van der Waals surface area contributed by atoms with Gasteiger partial charge in [-0.25, -0.2) is 0 Å². The third kappa shape index (κ3) is 3.20. The Bertz CT molecular complexity index is 144. The molecule has 0 atom stereocenters. The molecular formula is C7H13IN2. The van der Waals surface area contributed by atoms with E-state index in [0.29, 0.717) is 0 Å². The fourth-order valence-corrected chi connectivity index (χ4v) is 1.11. The molecule has 58 valence electrons. The molecule has 0 saturated carbocycles. The Kier molecular flexibility index (Phi) is 3.93. The van der Waals surface area contributed by atoms with E-state index in [9.17, 15) is 0 Å². The number of hydrogen-bond donors (Lipinski definition) is 2. The maximum absolute atomic E-state index is 6.87. The molecule has 0 aromatic carbocycles. The highest BCUT2D eigenvalue weighted by Crippen LogP contribution is 2.23. The van der Waals surface area contributed by atoms with Gasteiger partial charge in [0.25, 0.3) is 0 Å². The summed E-state index contributed by atoms with van der Waals surface area (Å²) in [5, 5.41) is 9.92. The molecule has 0 aromatic rings. The van der Waals surface area contributed by atoms with Gasteiger partial charge in [0.1, 0.15) is 0 Å². The minimum atomic E-state index is 0.0874. The lowest BCUT2D eigenvalue weighted by Gasteiger charge is -2.19. The maximum Gasteiger partial charge on any atom is 0.0561 e. The molecule has 3 heteroatoms. The number of rotatable bonds is 3. The van der Waals surface area contributed by atoms with E-state index in [-0.39, 0.29) is 3.42 Å². The second-order valence-electron chi connectivity index (χ2n) is 2.47. The van der Waals surface area contributed by atoms with Crippen molar-refractivity contribution in [3.8, 4) is 0 Å². The molecule has 0 fully saturated rings. The normalized spacial score (nSPS) is 13.0. The van der Waals surface area contributed by atoms with Gasteiger partial charge in [-0.3, -0.25) is 0 Å². The number of nitrogens with one attached hydrogen (secondary N) is 2. The van der Waals surface area contributed by atoms with E-state index in [2.05, 4.69) is 41.8 Å². The van der Waals surface area contributed by atoms with Gasteiger partial charge >= 0.3 is 0 Å². The minimum absolute atomic E-state index is 0.0874. The molecule has 2 nitrogen and oxygen atoms in total. The Labute approximate surface area is 75.7 Å². The first-order chi connectivity index (χ1) is 4.52. The van der Waals surface area contributed by atoms with Crippen LogP contribution in [0.1, 0.15) is 13.8 Å². The van der Waals surface area contributed by atoms with E-state index in [4.69, 9.17) is 5.41 Å². The number of alkyl halides is 1. The zero-order valence-corrected chi connectivity index (χ0v) is 8.69. The zero-order chi connectivity index (χ0) is 8.20. The monoisotopic (exact) mass is 252 g/mol. The van der Waals surface area contributed by atoms with Crippen LogP contribution in [-0.4, -0.2) is 16.7 Å². The Morgan fingerprint density at radius 1 is 1.60 bits per heavy atom. The molecular weight excluding hydrogens is 239 g/mol. The highest BCUT2D eigenvalue weighted by atomic mass is 127. The first-order valence-electron chi connectivity index (χ1n) is 3.10. The molecule has 0 radical (unpaired) electrons.